The first kappa shape index (κ1) is 21.8. The highest BCUT2D eigenvalue weighted by atomic mass is 35.5. The van der Waals surface area contributed by atoms with Gasteiger partial charge in [-0.2, -0.15) is 0 Å². The lowest BCUT2D eigenvalue weighted by atomic mass is 9.93. The van der Waals surface area contributed by atoms with Gasteiger partial charge in [0.15, 0.2) is 0 Å². The van der Waals surface area contributed by atoms with Crippen molar-refractivity contribution in [3.05, 3.63) is 65.7 Å². The second-order valence-corrected chi connectivity index (χ2v) is 8.34. The highest BCUT2D eigenvalue weighted by Gasteiger charge is 2.26. The third-order valence-corrected chi connectivity index (χ3v) is 6.15. The normalized spacial score (nSPS) is 18.8. The van der Waals surface area contributed by atoms with E-state index in [1.54, 1.807) is 0 Å². The van der Waals surface area contributed by atoms with Crippen LogP contribution in [0.15, 0.2) is 54.6 Å². The molecule has 0 saturated carbocycles. The van der Waals surface area contributed by atoms with Crippen LogP contribution in [0.4, 0.5) is 5.69 Å². The number of likely N-dealkylation sites (N-methyl/N-ethyl adjacent to an activating group) is 1. The van der Waals surface area contributed by atoms with Gasteiger partial charge in [-0.3, -0.25) is 14.6 Å². The van der Waals surface area contributed by atoms with Gasteiger partial charge in [-0.1, -0.05) is 48.5 Å². The molecule has 1 fully saturated rings. The minimum absolute atomic E-state index is 0. The Balaban J connectivity index is 0.00000240. The first-order valence-electron chi connectivity index (χ1n) is 10.5. The van der Waals surface area contributed by atoms with Crippen LogP contribution in [0.5, 0.6) is 0 Å². The van der Waals surface area contributed by atoms with Crippen molar-refractivity contribution in [1.29, 1.82) is 0 Å². The number of carbonyl (C=O) groups excluding carboxylic acids is 1. The molecule has 1 amide bonds. The van der Waals surface area contributed by atoms with Crippen molar-refractivity contribution in [3.8, 4) is 0 Å². The van der Waals surface area contributed by atoms with Gasteiger partial charge in [0.1, 0.15) is 0 Å². The molecule has 5 heteroatoms. The number of nitrogens with zero attached hydrogens (tertiary/aromatic N) is 3. The molecule has 2 aromatic rings. The molecular formula is C24H32ClN3O. The van der Waals surface area contributed by atoms with Gasteiger partial charge in [0, 0.05) is 25.3 Å². The average molecular weight is 414 g/mol. The second kappa shape index (κ2) is 10.2. The van der Waals surface area contributed by atoms with Crippen LogP contribution in [0.1, 0.15) is 30.4 Å². The Kier molecular flexibility index (Phi) is 7.70. The van der Waals surface area contributed by atoms with Gasteiger partial charge < -0.3 is 4.90 Å². The number of para-hydroxylation sites is 1. The standard InChI is InChI=1S/C24H31N3O.ClH/c1-25-18-22-9-5-6-10-23(22)27(24(28)19-25)16-13-20-11-14-26(15-12-20)17-21-7-3-2-4-8-21;/h2-10,20H,11-19H2,1H3;1H. The summed E-state index contributed by atoms with van der Waals surface area (Å²) in [6.45, 7) is 5.56. The van der Waals surface area contributed by atoms with Crippen LogP contribution in [0.2, 0.25) is 0 Å². The van der Waals surface area contributed by atoms with Crippen molar-refractivity contribution in [2.45, 2.75) is 32.4 Å². The van der Waals surface area contributed by atoms with Crippen LogP contribution in [0.25, 0.3) is 0 Å². The lowest BCUT2D eigenvalue weighted by Crippen LogP contribution is -2.39. The maximum Gasteiger partial charge on any atom is 0.241 e. The van der Waals surface area contributed by atoms with E-state index in [0.29, 0.717) is 12.5 Å². The number of likely N-dealkylation sites (tertiary alicyclic amines) is 1. The zero-order valence-corrected chi connectivity index (χ0v) is 18.1. The molecule has 29 heavy (non-hydrogen) atoms. The zero-order valence-electron chi connectivity index (χ0n) is 17.3. The van der Waals surface area contributed by atoms with Crippen LogP contribution in [-0.4, -0.2) is 48.9 Å². The molecule has 2 aliphatic heterocycles. The highest BCUT2D eigenvalue weighted by molar-refractivity contribution is 5.96. The summed E-state index contributed by atoms with van der Waals surface area (Å²) in [5.41, 5.74) is 3.77. The van der Waals surface area contributed by atoms with E-state index >= 15 is 0 Å². The van der Waals surface area contributed by atoms with Gasteiger partial charge in [-0.15, -0.1) is 12.4 Å². The lowest BCUT2D eigenvalue weighted by Gasteiger charge is -2.33. The van der Waals surface area contributed by atoms with Crippen molar-refractivity contribution in [2.75, 3.05) is 38.1 Å². The Morgan fingerprint density at radius 2 is 1.62 bits per heavy atom. The monoisotopic (exact) mass is 413 g/mol. The Bertz CT molecular complexity index is 790. The van der Waals surface area contributed by atoms with Gasteiger partial charge in [0.05, 0.1) is 6.54 Å². The van der Waals surface area contributed by atoms with Gasteiger partial charge in [-0.25, -0.2) is 0 Å². The Hall–Kier alpha value is -1.88. The van der Waals surface area contributed by atoms with Gasteiger partial charge >= 0.3 is 0 Å². The lowest BCUT2D eigenvalue weighted by molar-refractivity contribution is -0.119. The molecule has 0 atom stereocenters. The number of halogens is 1. The van der Waals surface area contributed by atoms with Gasteiger partial charge in [-0.05, 0) is 62.5 Å². The summed E-state index contributed by atoms with van der Waals surface area (Å²) in [6.07, 6.45) is 3.57. The molecule has 2 aliphatic rings. The average Bonchev–Trinajstić information content (AvgIpc) is 2.83. The number of anilines is 1. The van der Waals surface area contributed by atoms with Crippen LogP contribution < -0.4 is 4.90 Å². The number of piperidine rings is 1. The maximum atomic E-state index is 12.8. The second-order valence-electron chi connectivity index (χ2n) is 8.34. The highest BCUT2D eigenvalue weighted by Crippen LogP contribution is 2.28. The van der Waals surface area contributed by atoms with E-state index < -0.39 is 0 Å². The van der Waals surface area contributed by atoms with E-state index in [1.165, 1.54) is 24.0 Å². The largest absolute Gasteiger partial charge is 0.311 e. The zero-order chi connectivity index (χ0) is 19.3. The number of amides is 1. The predicted octanol–water partition coefficient (Wildman–Crippen LogP) is 4.19. The molecule has 0 spiro atoms. The van der Waals surface area contributed by atoms with Crippen molar-refractivity contribution in [3.63, 3.8) is 0 Å². The summed E-state index contributed by atoms with van der Waals surface area (Å²) >= 11 is 0. The Labute approximate surface area is 180 Å². The SMILES string of the molecule is CN1CC(=O)N(CCC2CCN(Cc3ccccc3)CC2)c2ccccc2C1.Cl. The molecule has 0 aromatic heterocycles. The van der Waals surface area contributed by atoms with Crippen LogP contribution in [-0.2, 0) is 17.9 Å². The molecular weight excluding hydrogens is 382 g/mol. The fourth-order valence-corrected chi connectivity index (χ4v) is 4.54. The number of hydrogen-bond acceptors (Lipinski definition) is 3. The minimum Gasteiger partial charge on any atom is -0.311 e. The summed E-state index contributed by atoms with van der Waals surface area (Å²) in [6, 6.07) is 19.1. The number of benzene rings is 2. The molecule has 4 rings (SSSR count). The smallest absolute Gasteiger partial charge is 0.241 e. The number of fused-ring (bicyclic) bond motifs is 1. The van der Waals surface area contributed by atoms with Crippen molar-refractivity contribution in [2.24, 2.45) is 5.92 Å². The van der Waals surface area contributed by atoms with E-state index in [-0.39, 0.29) is 18.3 Å². The molecule has 0 aliphatic carbocycles. The molecule has 0 N–H and O–H groups in total. The molecule has 4 nitrogen and oxygen atoms in total. The van der Waals surface area contributed by atoms with Crippen LogP contribution >= 0.6 is 12.4 Å². The molecule has 156 valence electrons. The van der Waals surface area contributed by atoms with E-state index in [4.69, 9.17) is 0 Å². The topological polar surface area (TPSA) is 26.8 Å². The summed E-state index contributed by atoms with van der Waals surface area (Å²) in [5, 5.41) is 0. The Morgan fingerprint density at radius 3 is 2.38 bits per heavy atom. The number of hydrogen-bond donors (Lipinski definition) is 0. The number of carbonyl (C=O) groups is 1. The summed E-state index contributed by atoms with van der Waals surface area (Å²) in [7, 11) is 2.03. The molecule has 0 unspecified atom stereocenters. The summed E-state index contributed by atoms with van der Waals surface area (Å²) in [4.78, 5) is 19.5. The predicted molar refractivity (Wildman–Crippen MR) is 121 cm³/mol. The molecule has 1 saturated heterocycles. The molecule has 2 aromatic carbocycles. The summed E-state index contributed by atoms with van der Waals surface area (Å²) in [5.74, 6) is 0.946. The first-order valence-corrected chi connectivity index (χ1v) is 10.5. The fourth-order valence-electron chi connectivity index (χ4n) is 4.54. The van der Waals surface area contributed by atoms with Crippen LogP contribution in [0, 0.1) is 5.92 Å². The maximum absolute atomic E-state index is 12.8. The third kappa shape index (κ3) is 5.59. The molecule has 2 heterocycles. The van der Waals surface area contributed by atoms with Crippen LogP contribution in [0.3, 0.4) is 0 Å². The van der Waals surface area contributed by atoms with E-state index in [9.17, 15) is 4.79 Å². The molecule has 0 bridgehead atoms. The third-order valence-electron chi connectivity index (χ3n) is 6.15. The quantitative estimate of drug-likeness (QED) is 0.735. The van der Waals surface area contributed by atoms with E-state index in [1.807, 2.05) is 18.0 Å². The van der Waals surface area contributed by atoms with Gasteiger partial charge in [0.25, 0.3) is 0 Å². The van der Waals surface area contributed by atoms with Crippen molar-refractivity contribution < 1.29 is 4.79 Å². The van der Waals surface area contributed by atoms with Gasteiger partial charge in [0.2, 0.25) is 5.91 Å². The fraction of sp³-hybridized carbons (Fsp3) is 0.458. The minimum atomic E-state index is 0. The van der Waals surface area contributed by atoms with E-state index in [2.05, 4.69) is 58.3 Å². The van der Waals surface area contributed by atoms with Crippen molar-refractivity contribution >= 4 is 24.0 Å². The summed E-state index contributed by atoms with van der Waals surface area (Å²) < 4.78 is 0. The first-order chi connectivity index (χ1) is 13.7. The van der Waals surface area contributed by atoms with Crippen molar-refractivity contribution in [1.82, 2.24) is 9.80 Å². The van der Waals surface area contributed by atoms with E-state index in [0.717, 1.165) is 44.8 Å². The molecule has 0 radical (unpaired) electrons. The number of rotatable bonds is 5. The Morgan fingerprint density at radius 1 is 0.931 bits per heavy atom.